The highest BCUT2D eigenvalue weighted by atomic mass is 16.5. The van der Waals surface area contributed by atoms with Crippen molar-refractivity contribution in [3.8, 4) is 23.0 Å². The zero-order chi connectivity index (χ0) is 40.0. The molecule has 5 aromatic rings. The summed E-state index contributed by atoms with van der Waals surface area (Å²) in [6.45, 7) is 29.8. The van der Waals surface area contributed by atoms with Crippen molar-refractivity contribution in [1.29, 1.82) is 0 Å². The number of carbonyl (C=O) groups is 2. The first-order valence-electron chi connectivity index (χ1n) is 18.8. The van der Waals surface area contributed by atoms with Gasteiger partial charge in [0.25, 0.3) is 0 Å². The van der Waals surface area contributed by atoms with Crippen molar-refractivity contribution in [2.24, 2.45) is 0 Å². The van der Waals surface area contributed by atoms with Gasteiger partial charge in [0.2, 0.25) is 0 Å². The smallest absolute Gasteiger partial charge is 0.343 e. The summed E-state index contributed by atoms with van der Waals surface area (Å²) in [5.41, 5.74) is 5.11. The van der Waals surface area contributed by atoms with Crippen molar-refractivity contribution in [3.05, 3.63) is 94.3 Å². The van der Waals surface area contributed by atoms with Gasteiger partial charge in [-0.2, -0.15) is 0 Å². The summed E-state index contributed by atoms with van der Waals surface area (Å²) in [7, 11) is 0. The van der Waals surface area contributed by atoms with E-state index in [9.17, 15) is 9.59 Å². The number of benzene rings is 3. The maximum atomic E-state index is 13.4. The maximum absolute atomic E-state index is 13.4. The number of fused-ring (bicyclic) bond motifs is 3. The van der Waals surface area contributed by atoms with Gasteiger partial charge in [-0.1, -0.05) is 95.2 Å². The molecule has 8 nitrogen and oxygen atoms in total. The summed E-state index contributed by atoms with van der Waals surface area (Å²) in [5.74, 6) is 0.693. The molecule has 0 radical (unpaired) electrons. The molecule has 0 bridgehead atoms. The number of hydrogen-bond donors (Lipinski definition) is 0. The average molecular weight is 733 g/mol. The zero-order valence-corrected chi connectivity index (χ0v) is 34.5. The standard InChI is InChI=1S/C46H56N2O6/c1-15-51-41(49)35-25-47-37-33(39(35)53-31-21-27(43(3,4)5)19-28(22-31)44(6,7)8)17-18-34-38(37)48-26-36(42(50)52-16-2)40(34)54-32-23-29(45(9,10)11)20-30(24-32)46(12,13)14/h17-26H,15-16H2,1-14H3. The number of carbonyl (C=O) groups excluding carboxylic acids is 2. The third kappa shape index (κ3) is 8.53. The molecule has 0 amide bonds. The predicted octanol–water partition coefficient (Wildman–Crippen LogP) is 11.9. The molecule has 2 heterocycles. The highest BCUT2D eigenvalue weighted by Crippen LogP contribution is 2.43. The summed E-state index contributed by atoms with van der Waals surface area (Å²) in [6.07, 6.45) is 2.94. The number of hydrogen-bond acceptors (Lipinski definition) is 8. The fraction of sp³-hybridized carbons (Fsp3) is 0.435. The Kier molecular flexibility index (Phi) is 10.9. The fourth-order valence-corrected chi connectivity index (χ4v) is 6.09. The normalized spacial score (nSPS) is 12.6. The molecular formula is C46H56N2O6. The van der Waals surface area contributed by atoms with E-state index < -0.39 is 11.9 Å². The molecule has 0 spiro atoms. The molecule has 54 heavy (non-hydrogen) atoms. The van der Waals surface area contributed by atoms with Crippen LogP contribution in [-0.2, 0) is 31.1 Å². The Morgan fingerprint density at radius 1 is 0.500 bits per heavy atom. The summed E-state index contributed by atoms with van der Waals surface area (Å²) in [4.78, 5) is 36.4. The molecule has 8 heteroatoms. The number of esters is 2. The van der Waals surface area contributed by atoms with E-state index in [1.807, 2.05) is 36.4 Å². The van der Waals surface area contributed by atoms with Crippen LogP contribution in [0.3, 0.4) is 0 Å². The van der Waals surface area contributed by atoms with Crippen molar-refractivity contribution in [2.45, 2.75) is 119 Å². The van der Waals surface area contributed by atoms with Gasteiger partial charge in [-0.25, -0.2) is 9.59 Å². The molecule has 286 valence electrons. The van der Waals surface area contributed by atoms with E-state index in [1.165, 1.54) is 12.4 Å². The van der Waals surface area contributed by atoms with E-state index in [-0.39, 0.29) is 46.0 Å². The van der Waals surface area contributed by atoms with Crippen molar-refractivity contribution >= 4 is 33.7 Å². The van der Waals surface area contributed by atoms with Gasteiger partial charge < -0.3 is 18.9 Å². The van der Waals surface area contributed by atoms with E-state index >= 15 is 0 Å². The summed E-state index contributed by atoms with van der Waals surface area (Å²) in [5, 5.41) is 1.11. The molecule has 3 aromatic carbocycles. The largest absolute Gasteiger partial charge is 0.462 e. The van der Waals surface area contributed by atoms with Crippen LogP contribution in [0.15, 0.2) is 60.9 Å². The number of nitrogens with zero attached hydrogens (tertiary/aromatic N) is 2. The molecule has 0 aliphatic rings. The van der Waals surface area contributed by atoms with Crippen LogP contribution in [0, 0.1) is 0 Å². The average Bonchev–Trinajstić information content (AvgIpc) is 3.06. The first-order chi connectivity index (χ1) is 25.0. The van der Waals surface area contributed by atoms with Crippen LogP contribution in [-0.4, -0.2) is 35.1 Å². The zero-order valence-electron chi connectivity index (χ0n) is 34.5. The van der Waals surface area contributed by atoms with Gasteiger partial charge in [0, 0.05) is 23.2 Å². The van der Waals surface area contributed by atoms with Gasteiger partial charge in [0.05, 0.1) is 13.2 Å². The molecule has 0 fully saturated rings. The fourth-order valence-electron chi connectivity index (χ4n) is 6.09. The van der Waals surface area contributed by atoms with Crippen LogP contribution in [0.1, 0.15) is 140 Å². The molecule has 0 saturated heterocycles. The second kappa shape index (κ2) is 14.7. The first-order valence-corrected chi connectivity index (χ1v) is 18.8. The van der Waals surface area contributed by atoms with Crippen LogP contribution >= 0.6 is 0 Å². The third-order valence-corrected chi connectivity index (χ3v) is 9.48. The molecule has 0 unspecified atom stereocenters. The Balaban J connectivity index is 1.79. The molecule has 0 aliphatic carbocycles. The minimum Gasteiger partial charge on any atom is -0.462 e. The van der Waals surface area contributed by atoms with Gasteiger partial charge >= 0.3 is 11.9 Å². The summed E-state index contributed by atoms with van der Waals surface area (Å²) in [6, 6.07) is 16.2. The second-order valence-corrected chi connectivity index (χ2v) is 18.0. The van der Waals surface area contributed by atoms with E-state index in [0.717, 1.165) is 22.3 Å². The monoisotopic (exact) mass is 732 g/mol. The molecule has 0 aliphatic heterocycles. The SMILES string of the molecule is CCOC(=O)c1cnc2c(ccc3c(Oc4cc(C(C)(C)C)cc(C(C)(C)C)c4)c(C(=O)OCC)cnc32)c1Oc1cc(C(C)(C)C)cc(C(C)(C)C)c1. The lowest BCUT2D eigenvalue weighted by Crippen LogP contribution is -2.16. The number of ether oxygens (including phenoxy) is 4. The molecule has 5 rings (SSSR count). The minimum absolute atomic E-state index is 0.156. The number of aromatic nitrogens is 2. The van der Waals surface area contributed by atoms with E-state index in [1.54, 1.807) is 13.8 Å². The van der Waals surface area contributed by atoms with Crippen molar-refractivity contribution in [3.63, 3.8) is 0 Å². The van der Waals surface area contributed by atoms with E-state index in [2.05, 4.69) is 95.2 Å². The van der Waals surface area contributed by atoms with Gasteiger partial charge in [-0.05, 0) is 94.2 Å². The predicted molar refractivity (Wildman–Crippen MR) is 217 cm³/mol. The lowest BCUT2D eigenvalue weighted by atomic mass is 9.80. The van der Waals surface area contributed by atoms with Crippen LogP contribution in [0.4, 0.5) is 0 Å². The summed E-state index contributed by atoms with van der Waals surface area (Å²) < 4.78 is 24.4. The van der Waals surface area contributed by atoms with Crippen LogP contribution in [0.25, 0.3) is 21.8 Å². The van der Waals surface area contributed by atoms with Gasteiger partial charge in [0.1, 0.15) is 33.7 Å². The molecular weight excluding hydrogens is 677 g/mol. The molecule has 2 aromatic heterocycles. The topological polar surface area (TPSA) is 96.8 Å². The number of rotatable bonds is 8. The maximum Gasteiger partial charge on any atom is 0.343 e. The first kappa shape index (κ1) is 40.2. The Morgan fingerprint density at radius 2 is 0.796 bits per heavy atom. The van der Waals surface area contributed by atoms with Crippen molar-refractivity contribution in [1.82, 2.24) is 9.97 Å². The minimum atomic E-state index is -0.548. The van der Waals surface area contributed by atoms with Gasteiger partial charge in [-0.15, -0.1) is 0 Å². The second-order valence-electron chi connectivity index (χ2n) is 18.0. The molecule has 0 saturated carbocycles. The van der Waals surface area contributed by atoms with Crippen LogP contribution in [0.5, 0.6) is 23.0 Å². The van der Waals surface area contributed by atoms with Crippen LogP contribution < -0.4 is 9.47 Å². The lowest BCUT2D eigenvalue weighted by Gasteiger charge is -2.26. The highest BCUT2D eigenvalue weighted by Gasteiger charge is 2.27. The Labute approximate surface area is 320 Å². The van der Waals surface area contributed by atoms with Crippen molar-refractivity contribution < 1.29 is 28.5 Å². The molecule has 0 N–H and O–H groups in total. The Hall–Kier alpha value is -4.98. The third-order valence-electron chi connectivity index (χ3n) is 9.48. The van der Waals surface area contributed by atoms with Crippen molar-refractivity contribution in [2.75, 3.05) is 13.2 Å². The molecule has 0 atom stereocenters. The lowest BCUT2D eigenvalue weighted by molar-refractivity contribution is 0.0513. The highest BCUT2D eigenvalue weighted by molar-refractivity contribution is 6.12. The van der Waals surface area contributed by atoms with E-state index in [0.29, 0.717) is 44.8 Å². The van der Waals surface area contributed by atoms with Crippen LogP contribution in [0.2, 0.25) is 0 Å². The quantitative estimate of drug-likeness (QED) is 0.115. The summed E-state index contributed by atoms with van der Waals surface area (Å²) >= 11 is 0. The van der Waals surface area contributed by atoms with Gasteiger partial charge in [0.15, 0.2) is 11.5 Å². The number of pyridine rings is 2. The van der Waals surface area contributed by atoms with E-state index in [4.69, 9.17) is 28.9 Å². The van der Waals surface area contributed by atoms with Gasteiger partial charge in [-0.3, -0.25) is 9.97 Å². The Bertz CT molecular complexity index is 2000. The Morgan fingerprint density at radius 3 is 1.06 bits per heavy atom.